The molecule has 6 heteroatoms. The molecule has 0 saturated carbocycles. The zero-order valence-corrected chi connectivity index (χ0v) is 14.7. The molecule has 0 aromatic carbocycles. The van der Waals surface area contributed by atoms with Gasteiger partial charge in [0.2, 0.25) is 0 Å². The second-order valence-electron chi connectivity index (χ2n) is 6.58. The van der Waals surface area contributed by atoms with Gasteiger partial charge in [-0.3, -0.25) is 4.79 Å². The van der Waals surface area contributed by atoms with Crippen LogP contribution in [0.1, 0.15) is 47.3 Å². The van der Waals surface area contributed by atoms with Gasteiger partial charge in [0.15, 0.2) is 0 Å². The van der Waals surface area contributed by atoms with Crippen LogP contribution >= 0.6 is 0 Å². The fourth-order valence-electron chi connectivity index (χ4n) is 3.42. The fraction of sp³-hybridized carbons (Fsp3) is 0.474. The first-order valence-electron chi connectivity index (χ1n) is 8.93. The highest BCUT2D eigenvalue weighted by atomic mass is 16.3. The van der Waals surface area contributed by atoms with Gasteiger partial charge in [0.25, 0.3) is 5.91 Å². The van der Waals surface area contributed by atoms with E-state index >= 15 is 0 Å². The van der Waals surface area contributed by atoms with E-state index in [1.807, 2.05) is 25.3 Å². The maximum Gasteiger partial charge on any atom is 0.253 e. The molecule has 1 unspecified atom stereocenters. The Morgan fingerprint density at radius 1 is 1.40 bits per heavy atom. The molecule has 0 spiro atoms. The van der Waals surface area contributed by atoms with Crippen LogP contribution in [0.4, 0.5) is 5.82 Å². The summed E-state index contributed by atoms with van der Waals surface area (Å²) in [5, 5.41) is 12.2. The summed E-state index contributed by atoms with van der Waals surface area (Å²) in [4.78, 5) is 22.0. The highest BCUT2D eigenvalue weighted by Gasteiger charge is 2.22. The van der Waals surface area contributed by atoms with Crippen LogP contribution in [0.5, 0.6) is 0 Å². The third kappa shape index (κ3) is 4.20. The van der Waals surface area contributed by atoms with Gasteiger partial charge >= 0.3 is 0 Å². The third-order valence-electron chi connectivity index (χ3n) is 4.84. The van der Waals surface area contributed by atoms with E-state index in [0.717, 1.165) is 42.9 Å². The Bertz CT molecular complexity index is 694. The summed E-state index contributed by atoms with van der Waals surface area (Å²) in [5.74, 6) is 0.872. The molecule has 0 bridgehead atoms. The Labute approximate surface area is 148 Å². The number of carbonyl (C=O) groups is 1. The number of aliphatic hydroxyl groups excluding tert-OH is 1. The van der Waals surface area contributed by atoms with Crippen molar-refractivity contribution >= 4 is 11.7 Å². The molecule has 134 valence electrons. The molecule has 1 atom stereocenters. The molecule has 1 saturated heterocycles. The number of nitrogens with zero attached hydrogens (tertiary/aromatic N) is 2. The average molecular weight is 342 g/mol. The summed E-state index contributed by atoms with van der Waals surface area (Å²) >= 11 is 0. The molecule has 0 aliphatic carbocycles. The predicted molar refractivity (Wildman–Crippen MR) is 97.6 cm³/mol. The molecule has 0 radical (unpaired) electrons. The number of carbonyl (C=O) groups excluding carboxylic acids is 1. The number of hydrogen-bond acceptors (Lipinski definition) is 4. The lowest BCUT2D eigenvalue weighted by molar-refractivity contribution is 0.0950. The summed E-state index contributed by atoms with van der Waals surface area (Å²) < 4.78 is 0. The van der Waals surface area contributed by atoms with Crippen LogP contribution in [0, 0.1) is 6.92 Å². The van der Waals surface area contributed by atoms with Crippen LogP contribution in [0.3, 0.4) is 0 Å². The van der Waals surface area contributed by atoms with Crippen molar-refractivity contribution in [2.75, 3.05) is 18.1 Å². The average Bonchev–Trinajstić information content (AvgIpc) is 3.07. The van der Waals surface area contributed by atoms with Gasteiger partial charge in [-0.15, -0.1) is 0 Å². The number of pyridine rings is 1. The van der Waals surface area contributed by atoms with E-state index in [4.69, 9.17) is 0 Å². The normalized spacial score (nSPS) is 17.5. The van der Waals surface area contributed by atoms with Crippen LogP contribution in [-0.4, -0.2) is 40.2 Å². The number of rotatable bonds is 6. The number of amides is 1. The smallest absolute Gasteiger partial charge is 0.253 e. The van der Waals surface area contributed by atoms with E-state index in [2.05, 4.69) is 20.2 Å². The number of aryl methyl sites for hydroxylation is 1. The van der Waals surface area contributed by atoms with E-state index in [1.54, 1.807) is 12.3 Å². The van der Waals surface area contributed by atoms with Gasteiger partial charge in [0.05, 0.1) is 5.56 Å². The Hall–Kier alpha value is -2.34. The van der Waals surface area contributed by atoms with Gasteiger partial charge in [0.1, 0.15) is 5.82 Å². The van der Waals surface area contributed by atoms with Crippen molar-refractivity contribution < 1.29 is 9.90 Å². The van der Waals surface area contributed by atoms with Crippen molar-refractivity contribution in [2.45, 2.75) is 45.2 Å². The van der Waals surface area contributed by atoms with Crippen molar-refractivity contribution in [3.05, 3.63) is 47.4 Å². The van der Waals surface area contributed by atoms with E-state index in [1.165, 1.54) is 6.42 Å². The second-order valence-corrected chi connectivity index (χ2v) is 6.58. The molecule has 25 heavy (non-hydrogen) atoms. The molecule has 1 aliphatic heterocycles. The fourth-order valence-corrected chi connectivity index (χ4v) is 3.42. The van der Waals surface area contributed by atoms with E-state index in [0.29, 0.717) is 18.2 Å². The van der Waals surface area contributed by atoms with E-state index in [-0.39, 0.29) is 12.5 Å². The quantitative estimate of drug-likeness (QED) is 0.753. The first-order valence-corrected chi connectivity index (χ1v) is 8.93. The summed E-state index contributed by atoms with van der Waals surface area (Å²) in [6.45, 7) is 3.54. The number of hydrogen-bond donors (Lipinski definition) is 3. The number of aromatic amines is 1. The number of piperidine rings is 1. The Morgan fingerprint density at radius 2 is 2.28 bits per heavy atom. The van der Waals surface area contributed by atoms with Gasteiger partial charge in [-0.05, 0) is 50.3 Å². The Balaban J connectivity index is 1.60. The molecule has 3 rings (SSSR count). The minimum absolute atomic E-state index is 0.0816. The van der Waals surface area contributed by atoms with Crippen LogP contribution in [0.15, 0.2) is 30.6 Å². The SMILES string of the molecule is Cc1[nH]ccc1C(=O)NCc1ccc(N2CCCCC2CCO)nc1. The first kappa shape index (κ1) is 17.5. The van der Waals surface area contributed by atoms with Crippen molar-refractivity contribution in [2.24, 2.45) is 0 Å². The van der Waals surface area contributed by atoms with Crippen LogP contribution < -0.4 is 10.2 Å². The van der Waals surface area contributed by atoms with Crippen molar-refractivity contribution in [3.8, 4) is 0 Å². The van der Waals surface area contributed by atoms with Crippen LogP contribution in [0.2, 0.25) is 0 Å². The third-order valence-corrected chi connectivity index (χ3v) is 4.84. The molecule has 3 N–H and O–H groups in total. The van der Waals surface area contributed by atoms with Gasteiger partial charge in [0, 0.05) is 43.8 Å². The topological polar surface area (TPSA) is 81.2 Å². The minimum atomic E-state index is -0.0816. The Kier molecular flexibility index (Phi) is 5.71. The van der Waals surface area contributed by atoms with Crippen molar-refractivity contribution in [3.63, 3.8) is 0 Å². The van der Waals surface area contributed by atoms with Crippen LogP contribution in [0.25, 0.3) is 0 Å². The zero-order chi connectivity index (χ0) is 17.6. The highest BCUT2D eigenvalue weighted by molar-refractivity contribution is 5.95. The molecule has 1 aliphatic rings. The molecular formula is C19H26N4O2. The summed E-state index contributed by atoms with van der Waals surface area (Å²) in [5.41, 5.74) is 2.51. The molecule has 6 nitrogen and oxygen atoms in total. The van der Waals surface area contributed by atoms with Gasteiger partial charge < -0.3 is 20.3 Å². The lowest BCUT2D eigenvalue weighted by Crippen LogP contribution is -2.40. The maximum absolute atomic E-state index is 12.1. The standard InChI is InChI=1S/C19H26N4O2/c1-14-17(7-9-20-14)19(25)22-13-15-5-6-18(21-12-15)23-10-3-2-4-16(23)8-11-24/h5-7,9,12,16,20,24H,2-4,8,10-11,13H2,1H3,(H,22,25). The van der Waals surface area contributed by atoms with Crippen LogP contribution in [-0.2, 0) is 6.54 Å². The van der Waals surface area contributed by atoms with Crippen molar-refractivity contribution in [1.29, 1.82) is 0 Å². The summed E-state index contributed by atoms with van der Waals surface area (Å²) in [6, 6.07) is 6.17. The number of H-pyrrole nitrogens is 1. The molecule has 2 aromatic rings. The molecule has 1 fully saturated rings. The molecule has 2 aromatic heterocycles. The van der Waals surface area contributed by atoms with Gasteiger partial charge in [-0.25, -0.2) is 4.98 Å². The highest BCUT2D eigenvalue weighted by Crippen LogP contribution is 2.25. The number of aromatic nitrogens is 2. The monoisotopic (exact) mass is 342 g/mol. The first-order chi connectivity index (χ1) is 12.2. The van der Waals surface area contributed by atoms with Gasteiger partial charge in [-0.1, -0.05) is 6.07 Å². The lowest BCUT2D eigenvalue weighted by atomic mass is 9.99. The van der Waals surface area contributed by atoms with Gasteiger partial charge in [-0.2, -0.15) is 0 Å². The van der Waals surface area contributed by atoms with E-state index < -0.39 is 0 Å². The molecule has 1 amide bonds. The maximum atomic E-state index is 12.1. The summed E-state index contributed by atoms with van der Waals surface area (Å²) in [7, 11) is 0. The Morgan fingerprint density at radius 3 is 2.96 bits per heavy atom. The predicted octanol–water partition coefficient (Wildman–Crippen LogP) is 2.39. The largest absolute Gasteiger partial charge is 0.396 e. The number of nitrogens with one attached hydrogen (secondary N) is 2. The lowest BCUT2D eigenvalue weighted by Gasteiger charge is -2.36. The summed E-state index contributed by atoms with van der Waals surface area (Å²) in [6.07, 6.45) is 7.86. The number of aliphatic hydroxyl groups is 1. The van der Waals surface area contributed by atoms with Crippen molar-refractivity contribution in [1.82, 2.24) is 15.3 Å². The zero-order valence-electron chi connectivity index (χ0n) is 14.7. The van der Waals surface area contributed by atoms with E-state index in [9.17, 15) is 9.90 Å². The second kappa shape index (κ2) is 8.16. The molecule has 3 heterocycles. The minimum Gasteiger partial charge on any atom is -0.396 e. The molecular weight excluding hydrogens is 316 g/mol. The number of anilines is 1.